The minimum absolute atomic E-state index is 0. The normalized spacial score (nSPS) is 9.77. The highest BCUT2D eigenvalue weighted by Crippen LogP contribution is 2.06. The van der Waals surface area contributed by atoms with Gasteiger partial charge in [0.15, 0.2) is 0 Å². The van der Waals surface area contributed by atoms with E-state index in [2.05, 4.69) is 11.9 Å². The molecule has 0 radical (unpaired) electrons. The number of hydrogen-bond donors (Lipinski definition) is 1. The standard InChI is InChI=1S/C9H16N2O.ClH/c1-3-4-5-8-6-10-9(7-12)11(8)2;/h6,12H,3-5,7H2,1-2H3;1H. The number of unbranched alkanes of at least 4 members (excludes halogenated alkanes) is 1. The largest absolute Gasteiger partial charge is 0.388 e. The number of aliphatic hydroxyl groups excluding tert-OH is 1. The average molecular weight is 205 g/mol. The fraction of sp³-hybridized carbons (Fsp3) is 0.667. The van der Waals surface area contributed by atoms with Gasteiger partial charge in [0.25, 0.3) is 0 Å². The van der Waals surface area contributed by atoms with Crippen molar-refractivity contribution in [2.45, 2.75) is 32.8 Å². The molecule has 1 heterocycles. The monoisotopic (exact) mass is 204 g/mol. The van der Waals surface area contributed by atoms with Crippen LogP contribution < -0.4 is 0 Å². The summed E-state index contributed by atoms with van der Waals surface area (Å²) in [5, 5.41) is 8.87. The number of halogens is 1. The van der Waals surface area contributed by atoms with Crippen LogP contribution in [-0.2, 0) is 20.1 Å². The average Bonchev–Trinajstić information content (AvgIpc) is 2.43. The van der Waals surface area contributed by atoms with Crippen LogP contribution in [0.3, 0.4) is 0 Å². The molecule has 0 amide bonds. The van der Waals surface area contributed by atoms with Gasteiger partial charge in [-0.1, -0.05) is 13.3 Å². The predicted octanol–water partition coefficient (Wildman–Crippen LogP) is 1.68. The number of imidazole rings is 1. The molecule has 0 aliphatic rings. The van der Waals surface area contributed by atoms with Crippen LogP contribution in [0.1, 0.15) is 31.3 Å². The van der Waals surface area contributed by atoms with Crippen LogP contribution in [0.2, 0.25) is 0 Å². The van der Waals surface area contributed by atoms with Gasteiger partial charge in [0.2, 0.25) is 0 Å². The molecule has 0 fully saturated rings. The maximum Gasteiger partial charge on any atom is 0.134 e. The Hall–Kier alpha value is -0.540. The third-order valence-corrected chi connectivity index (χ3v) is 2.11. The summed E-state index contributed by atoms with van der Waals surface area (Å²) in [7, 11) is 1.95. The summed E-state index contributed by atoms with van der Waals surface area (Å²) < 4.78 is 1.97. The van der Waals surface area contributed by atoms with E-state index < -0.39 is 0 Å². The fourth-order valence-electron chi connectivity index (χ4n) is 1.23. The van der Waals surface area contributed by atoms with Crippen molar-refractivity contribution in [3.05, 3.63) is 17.7 Å². The summed E-state index contributed by atoms with van der Waals surface area (Å²) in [5.41, 5.74) is 1.21. The second-order valence-electron chi connectivity index (χ2n) is 2.99. The molecule has 1 aromatic heterocycles. The first-order valence-corrected chi connectivity index (χ1v) is 4.40. The Morgan fingerprint density at radius 3 is 2.69 bits per heavy atom. The van der Waals surface area contributed by atoms with Crippen molar-refractivity contribution in [1.82, 2.24) is 9.55 Å². The van der Waals surface area contributed by atoms with Crippen LogP contribution in [-0.4, -0.2) is 14.7 Å². The molecule has 0 aliphatic heterocycles. The van der Waals surface area contributed by atoms with Gasteiger partial charge >= 0.3 is 0 Å². The van der Waals surface area contributed by atoms with E-state index in [0.717, 1.165) is 12.2 Å². The Bertz CT molecular complexity index is 248. The van der Waals surface area contributed by atoms with Crippen molar-refractivity contribution in [1.29, 1.82) is 0 Å². The third kappa shape index (κ3) is 3.01. The molecule has 1 aromatic rings. The lowest BCUT2D eigenvalue weighted by Crippen LogP contribution is -2.01. The number of aliphatic hydroxyl groups is 1. The van der Waals surface area contributed by atoms with E-state index in [1.807, 2.05) is 17.8 Å². The highest BCUT2D eigenvalue weighted by molar-refractivity contribution is 5.85. The zero-order valence-electron chi connectivity index (χ0n) is 8.16. The first kappa shape index (κ1) is 12.5. The Morgan fingerprint density at radius 1 is 1.54 bits per heavy atom. The Morgan fingerprint density at radius 2 is 2.23 bits per heavy atom. The lowest BCUT2D eigenvalue weighted by Gasteiger charge is -2.02. The van der Waals surface area contributed by atoms with Gasteiger partial charge in [-0.2, -0.15) is 0 Å². The molecule has 0 bridgehead atoms. The lowest BCUT2D eigenvalue weighted by atomic mass is 10.2. The zero-order valence-corrected chi connectivity index (χ0v) is 8.97. The molecule has 0 unspecified atom stereocenters. The molecule has 0 saturated carbocycles. The van der Waals surface area contributed by atoms with Crippen LogP contribution >= 0.6 is 12.4 Å². The predicted molar refractivity (Wildman–Crippen MR) is 55.0 cm³/mol. The Balaban J connectivity index is 0.00000144. The Kier molecular flexibility index (Phi) is 5.75. The van der Waals surface area contributed by atoms with Gasteiger partial charge in [0.05, 0.1) is 0 Å². The SMILES string of the molecule is CCCCc1cnc(CO)n1C.Cl. The van der Waals surface area contributed by atoms with Gasteiger partial charge in [-0.3, -0.25) is 0 Å². The van der Waals surface area contributed by atoms with Crippen molar-refractivity contribution in [3.8, 4) is 0 Å². The van der Waals surface area contributed by atoms with E-state index in [1.54, 1.807) is 0 Å². The van der Waals surface area contributed by atoms with Gasteiger partial charge in [0.1, 0.15) is 12.4 Å². The van der Waals surface area contributed by atoms with E-state index in [1.165, 1.54) is 18.5 Å². The summed E-state index contributed by atoms with van der Waals surface area (Å²) in [5.74, 6) is 0.751. The smallest absolute Gasteiger partial charge is 0.134 e. The lowest BCUT2D eigenvalue weighted by molar-refractivity contribution is 0.267. The molecular formula is C9H17ClN2O. The fourth-order valence-corrected chi connectivity index (χ4v) is 1.23. The molecule has 0 spiro atoms. The molecule has 0 aliphatic carbocycles. The number of hydrogen-bond acceptors (Lipinski definition) is 2. The molecule has 13 heavy (non-hydrogen) atoms. The van der Waals surface area contributed by atoms with Crippen LogP contribution in [0.25, 0.3) is 0 Å². The maximum atomic E-state index is 8.87. The summed E-state index contributed by atoms with van der Waals surface area (Å²) >= 11 is 0. The molecule has 1 N–H and O–H groups in total. The van der Waals surface area contributed by atoms with Crippen LogP contribution in [0.15, 0.2) is 6.20 Å². The van der Waals surface area contributed by atoms with Crippen molar-refractivity contribution in [2.75, 3.05) is 0 Å². The molecule has 0 saturated heterocycles. The van der Waals surface area contributed by atoms with Crippen molar-refractivity contribution in [3.63, 3.8) is 0 Å². The maximum absolute atomic E-state index is 8.87. The molecule has 4 heteroatoms. The van der Waals surface area contributed by atoms with Crippen LogP contribution in [0, 0.1) is 0 Å². The van der Waals surface area contributed by atoms with Gasteiger partial charge in [-0.05, 0) is 12.8 Å². The summed E-state index contributed by atoms with van der Waals surface area (Å²) in [6, 6.07) is 0. The van der Waals surface area contributed by atoms with Crippen molar-refractivity contribution in [2.24, 2.45) is 7.05 Å². The summed E-state index contributed by atoms with van der Waals surface area (Å²) in [4.78, 5) is 4.10. The van der Waals surface area contributed by atoms with Crippen molar-refractivity contribution >= 4 is 12.4 Å². The molecule has 1 rings (SSSR count). The number of aryl methyl sites for hydroxylation is 1. The number of nitrogens with zero attached hydrogens (tertiary/aromatic N) is 2. The topological polar surface area (TPSA) is 38.1 Å². The zero-order chi connectivity index (χ0) is 8.97. The highest BCUT2D eigenvalue weighted by atomic mass is 35.5. The highest BCUT2D eigenvalue weighted by Gasteiger charge is 2.03. The van der Waals surface area contributed by atoms with E-state index in [4.69, 9.17) is 5.11 Å². The van der Waals surface area contributed by atoms with Crippen LogP contribution in [0.4, 0.5) is 0 Å². The van der Waals surface area contributed by atoms with E-state index in [9.17, 15) is 0 Å². The minimum atomic E-state index is 0. The first-order valence-electron chi connectivity index (χ1n) is 4.40. The Labute approximate surface area is 85.2 Å². The van der Waals surface area contributed by atoms with Gasteiger partial charge in [-0.15, -0.1) is 12.4 Å². The van der Waals surface area contributed by atoms with Gasteiger partial charge < -0.3 is 9.67 Å². The van der Waals surface area contributed by atoms with Gasteiger partial charge in [-0.25, -0.2) is 4.98 Å². The molecular weight excluding hydrogens is 188 g/mol. The molecule has 0 atom stereocenters. The number of rotatable bonds is 4. The third-order valence-electron chi connectivity index (χ3n) is 2.11. The summed E-state index contributed by atoms with van der Waals surface area (Å²) in [6.07, 6.45) is 5.28. The quantitative estimate of drug-likeness (QED) is 0.811. The van der Waals surface area contributed by atoms with Gasteiger partial charge in [0, 0.05) is 18.9 Å². The summed E-state index contributed by atoms with van der Waals surface area (Å²) in [6.45, 7) is 2.20. The first-order chi connectivity index (χ1) is 5.79. The number of aromatic nitrogens is 2. The molecule has 3 nitrogen and oxygen atoms in total. The molecule has 0 aromatic carbocycles. The van der Waals surface area contributed by atoms with Crippen molar-refractivity contribution < 1.29 is 5.11 Å². The van der Waals surface area contributed by atoms with E-state index >= 15 is 0 Å². The second kappa shape index (κ2) is 6.00. The van der Waals surface area contributed by atoms with Crippen LogP contribution in [0.5, 0.6) is 0 Å². The second-order valence-corrected chi connectivity index (χ2v) is 2.99. The minimum Gasteiger partial charge on any atom is -0.388 e. The van der Waals surface area contributed by atoms with E-state index in [-0.39, 0.29) is 19.0 Å². The van der Waals surface area contributed by atoms with E-state index in [0.29, 0.717) is 0 Å². The molecule has 76 valence electrons.